The Kier molecular flexibility index (Phi) is 4.58. The Bertz CT molecular complexity index is 1330. The standard InChI is InChI=1S/C22H19F2N7O/c1-22(15-8-26-29(2)12-15)13-30(11-14-5-3-4-6-17(14)22)21(32)19-10-27-31(28-19)20-18(24)7-16(23)9-25-20/h3-10,12H,11,13H2,1-2H3. The van der Waals surface area contributed by atoms with E-state index in [2.05, 4.69) is 33.3 Å². The fraction of sp³-hybridized carbons (Fsp3) is 0.227. The summed E-state index contributed by atoms with van der Waals surface area (Å²) in [5.74, 6) is -2.36. The van der Waals surface area contributed by atoms with Crippen molar-refractivity contribution in [2.45, 2.75) is 18.9 Å². The second-order valence-electron chi connectivity index (χ2n) is 8.03. The van der Waals surface area contributed by atoms with Crippen molar-refractivity contribution in [3.8, 4) is 5.82 Å². The zero-order valence-corrected chi connectivity index (χ0v) is 17.4. The Morgan fingerprint density at radius 1 is 1.12 bits per heavy atom. The summed E-state index contributed by atoms with van der Waals surface area (Å²) < 4.78 is 28.9. The first-order chi connectivity index (χ1) is 15.3. The zero-order valence-electron chi connectivity index (χ0n) is 17.4. The summed E-state index contributed by atoms with van der Waals surface area (Å²) in [5, 5.41) is 12.4. The summed E-state index contributed by atoms with van der Waals surface area (Å²) in [5.41, 5.74) is 2.73. The van der Waals surface area contributed by atoms with Crippen molar-refractivity contribution < 1.29 is 13.6 Å². The number of benzene rings is 1. The smallest absolute Gasteiger partial charge is 0.276 e. The maximum Gasteiger partial charge on any atom is 0.276 e. The number of fused-ring (bicyclic) bond motifs is 1. The van der Waals surface area contributed by atoms with E-state index >= 15 is 0 Å². The van der Waals surface area contributed by atoms with Gasteiger partial charge in [-0.1, -0.05) is 24.3 Å². The molecule has 3 aromatic heterocycles. The maximum absolute atomic E-state index is 14.1. The Morgan fingerprint density at radius 3 is 2.69 bits per heavy atom. The number of halogens is 2. The van der Waals surface area contributed by atoms with E-state index in [0.29, 0.717) is 19.2 Å². The van der Waals surface area contributed by atoms with Crippen molar-refractivity contribution in [2.24, 2.45) is 7.05 Å². The minimum atomic E-state index is -0.921. The van der Waals surface area contributed by atoms with Crippen LogP contribution in [0.15, 0.2) is 55.1 Å². The summed E-state index contributed by atoms with van der Waals surface area (Å²) >= 11 is 0. The number of carbonyl (C=O) groups excluding carboxylic acids is 1. The highest BCUT2D eigenvalue weighted by Crippen LogP contribution is 2.39. The van der Waals surface area contributed by atoms with Gasteiger partial charge in [0.25, 0.3) is 5.91 Å². The summed E-state index contributed by atoms with van der Waals surface area (Å²) in [6.45, 7) is 2.89. The third-order valence-corrected chi connectivity index (χ3v) is 5.80. The average molecular weight is 435 g/mol. The van der Waals surface area contributed by atoms with E-state index in [1.807, 2.05) is 37.6 Å². The highest BCUT2D eigenvalue weighted by molar-refractivity contribution is 5.92. The van der Waals surface area contributed by atoms with Gasteiger partial charge in [0.05, 0.1) is 18.6 Å². The Balaban J connectivity index is 1.49. The molecule has 162 valence electrons. The first-order valence-electron chi connectivity index (χ1n) is 9.96. The molecule has 0 bridgehead atoms. The van der Waals surface area contributed by atoms with Crippen molar-refractivity contribution in [1.82, 2.24) is 34.7 Å². The molecule has 1 atom stereocenters. The predicted molar refractivity (Wildman–Crippen MR) is 110 cm³/mol. The van der Waals surface area contributed by atoms with Crippen LogP contribution in [0.1, 0.15) is 34.1 Å². The van der Waals surface area contributed by atoms with Crippen LogP contribution in [0.4, 0.5) is 8.78 Å². The van der Waals surface area contributed by atoms with Gasteiger partial charge in [-0.15, -0.1) is 9.90 Å². The molecule has 10 heteroatoms. The molecule has 4 heterocycles. The normalized spacial score (nSPS) is 17.9. The second-order valence-corrected chi connectivity index (χ2v) is 8.03. The fourth-order valence-electron chi connectivity index (χ4n) is 4.20. The lowest BCUT2D eigenvalue weighted by Crippen LogP contribution is -2.47. The maximum atomic E-state index is 14.1. The zero-order chi connectivity index (χ0) is 22.5. The quantitative estimate of drug-likeness (QED) is 0.494. The lowest BCUT2D eigenvalue weighted by Gasteiger charge is -2.41. The minimum Gasteiger partial charge on any atom is -0.332 e. The number of amides is 1. The topological polar surface area (TPSA) is 81.7 Å². The highest BCUT2D eigenvalue weighted by Gasteiger charge is 2.40. The number of nitrogens with zero attached hydrogens (tertiary/aromatic N) is 7. The number of hydrogen-bond donors (Lipinski definition) is 0. The van der Waals surface area contributed by atoms with Crippen LogP contribution in [0.2, 0.25) is 0 Å². The molecule has 4 aromatic rings. The fourth-order valence-corrected chi connectivity index (χ4v) is 4.20. The molecule has 0 fully saturated rings. The molecule has 0 saturated carbocycles. The van der Waals surface area contributed by atoms with Crippen LogP contribution < -0.4 is 0 Å². The average Bonchev–Trinajstić information content (AvgIpc) is 3.43. The van der Waals surface area contributed by atoms with E-state index in [-0.39, 0.29) is 17.4 Å². The number of rotatable bonds is 3. The van der Waals surface area contributed by atoms with Crippen LogP contribution in [0.5, 0.6) is 0 Å². The van der Waals surface area contributed by atoms with Gasteiger partial charge < -0.3 is 4.90 Å². The van der Waals surface area contributed by atoms with Gasteiger partial charge in [-0.3, -0.25) is 9.48 Å². The van der Waals surface area contributed by atoms with Gasteiger partial charge in [0.15, 0.2) is 11.5 Å². The van der Waals surface area contributed by atoms with Crippen molar-refractivity contribution in [3.63, 3.8) is 0 Å². The number of aryl methyl sites for hydroxylation is 1. The first kappa shape index (κ1) is 20.0. The van der Waals surface area contributed by atoms with E-state index in [1.165, 1.54) is 6.20 Å². The second kappa shape index (κ2) is 7.33. The van der Waals surface area contributed by atoms with Crippen LogP contribution in [-0.2, 0) is 19.0 Å². The molecular weight excluding hydrogens is 416 g/mol. The van der Waals surface area contributed by atoms with E-state index in [4.69, 9.17) is 0 Å². The van der Waals surface area contributed by atoms with Gasteiger partial charge in [0.1, 0.15) is 5.82 Å². The number of hydrogen-bond acceptors (Lipinski definition) is 5. The SMILES string of the molecule is Cn1cc(C2(C)CN(C(=O)c3cnn(-c4ncc(F)cc4F)n3)Cc3ccccc32)cn1. The summed E-state index contributed by atoms with van der Waals surface area (Å²) in [6.07, 6.45) is 5.88. The van der Waals surface area contributed by atoms with Crippen LogP contribution in [0, 0.1) is 11.6 Å². The Hall–Kier alpha value is -3.95. The van der Waals surface area contributed by atoms with Crippen molar-refractivity contribution in [3.05, 3.63) is 89.1 Å². The predicted octanol–water partition coefficient (Wildman–Crippen LogP) is 2.64. The molecule has 0 saturated heterocycles. The largest absolute Gasteiger partial charge is 0.332 e. The molecule has 0 spiro atoms. The lowest BCUT2D eigenvalue weighted by molar-refractivity contribution is 0.0689. The van der Waals surface area contributed by atoms with E-state index < -0.39 is 17.0 Å². The number of carbonyl (C=O) groups is 1. The van der Waals surface area contributed by atoms with Gasteiger partial charge >= 0.3 is 0 Å². The third-order valence-electron chi connectivity index (χ3n) is 5.80. The van der Waals surface area contributed by atoms with Crippen molar-refractivity contribution >= 4 is 5.91 Å². The molecule has 1 aliphatic heterocycles. The van der Waals surface area contributed by atoms with Gasteiger partial charge in [-0.25, -0.2) is 13.8 Å². The molecule has 1 amide bonds. The van der Waals surface area contributed by atoms with Gasteiger partial charge in [0, 0.05) is 43.4 Å². The lowest BCUT2D eigenvalue weighted by atomic mass is 9.73. The Labute approximate surface area is 182 Å². The molecule has 5 rings (SSSR count). The first-order valence-corrected chi connectivity index (χ1v) is 9.96. The van der Waals surface area contributed by atoms with Crippen molar-refractivity contribution in [1.29, 1.82) is 0 Å². The van der Waals surface area contributed by atoms with E-state index in [0.717, 1.165) is 27.7 Å². The number of aromatic nitrogens is 6. The highest BCUT2D eigenvalue weighted by atomic mass is 19.1. The van der Waals surface area contributed by atoms with Gasteiger partial charge in [-0.05, 0) is 18.1 Å². The molecule has 0 aliphatic carbocycles. The summed E-state index contributed by atoms with van der Waals surface area (Å²) in [6, 6.07) is 8.69. The van der Waals surface area contributed by atoms with Crippen LogP contribution in [0.3, 0.4) is 0 Å². The molecule has 32 heavy (non-hydrogen) atoms. The molecule has 8 nitrogen and oxygen atoms in total. The molecule has 1 aliphatic rings. The van der Waals surface area contributed by atoms with Crippen LogP contribution in [-0.4, -0.2) is 47.1 Å². The number of pyridine rings is 1. The Morgan fingerprint density at radius 2 is 1.94 bits per heavy atom. The minimum absolute atomic E-state index is 0.0449. The van der Waals surface area contributed by atoms with E-state index in [1.54, 1.807) is 9.58 Å². The summed E-state index contributed by atoms with van der Waals surface area (Å²) in [4.78, 5) is 19.6. The molecule has 0 radical (unpaired) electrons. The van der Waals surface area contributed by atoms with Crippen LogP contribution in [0.25, 0.3) is 5.82 Å². The molecule has 0 N–H and O–H groups in total. The van der Waals surface area contributed by atoms with Crippen LogP contribution >= 0.6 is 0 Å². The molecule has 1 aromatic carbocycles. The van der Waals surface area contributed by atoms with Gasteiger partial charge in [0.2, 0.25) is 5.82 Å². The van der Waals surface area contributed by atoms with E-state index in [9.17, 15) is 13.6 Å². The molecule has 1 unspecified atom stereocenters. The van der Waals surface area contributed by atoms with Gasteiger partial charge in [-0.2, -0.15) is 10.2 Å². The monoisotopic (exact) mass is 435 g/mol. The molecular formula is C22H19F2N7O. The third kappa shape index (κ3) is 3.24. The summed E-state index contributed by atoms with van der Waals surface area (Å²) in [7, 11) is 1.85. The van der Waals surface area contributed by atoms with Crippen molar-refractivity contribution in [2.75, 3.05) is 6.54 Å².